The molecule has 0 heterocycles. The Morgan fingerprint density at radius 1 is 1.07 bits per heavy atom. The maximum atomic E-state index is 9.78. The van der Waals surface area contributed by atoms with E-state index >= 15 is 0 Å². The van der Waals surface area contributed by atoms with Crippen molar-refractivity contribution < 1.29 is 4.74 Å². The first kappa shape index (κ1) is 18.7. The van der Waals surface area contributed by atoms with E-state index in [0.29, 0.717) is 18.1 Å². The molecular formula is C25H25NO. The third-order valence-corrected chi connectivity index (χ3v) is 4.80. The molecule has 0 aliphatic carbocycles. The van der Waals surface area contributed by atoms with E-state index in [1.807, 2.05) is 31.2 Å². The van der Waals surface area contributed by atoms with Crippen LogP contribution in [0.3, 0.4) is 0 Å². The Morgan fingerprint density at radius 3 is 2.48 bits per heavy atom. The predicted molar refractivity (Wildman–Crippen MR) is 114 cm³/mol. The van der Waals surface area contributed by atoms with E-state index < -0.39 is 0 Å². The molecule has 27 heavy (non-hydrogen) atoms. The van der Waals surface area contributed by atoms with Crippen LogP contribution in [0.25, 0.3) is 22.4 Å². The first-order valence-corrected chi connectivity index (χ1v) is 9.41. The molecule has 0 atom stereocenters. The van der Waals surface area contributed by atoms with E-state index in [2.05, 4.69) is 63.2 Å². The van der Waals surface area contributed by atoms with E-state index in [1.165, 1.54) is 10.9 Å². The van der Waals surface area contributed by atoms with E-state index in [-0.39, 0.29) is 0 Å². The molecule has 0 radical (unpaired) electrons. The molecule has 0 amide bonds. The maximum Gasteiger partial charge on any atom is 0.123 e. The molecule has 3 aromatic carbocycles. The molecular weight excluding hydrogens is 330 g/mol. The van der Waals surface area contributed by atoms with E-state index in [4.69, 9.17) is 4.74 Å². The Kier molecular flexibility index (Phi) is 5.62. The summed E-state index contributed by atoms with van der Waals surface area (Å²) in [6.07, 6.45) is 1.99. The average molecular weight is 355 g/mol. The van der Waals surface area contributed by atoms with Crippen molar-refractivity contribution in [2.24, 2.45) is 0 Å². The molecule has 136 valence electrons. The zero-order valence-corrected chi connectivity index (χ0v) is 16.4. The van der Waals surface area contributed by atoms with Gasteiger partial charge in [0.05, 0.1) is 18.2 Å². The van der Waals surface area contributed by atoms with Gasteiger partial charge in [-0.3, -0.25) is 0 Å². The highest BCUT2D eigenvalue weighted by molar-refractivity contribution is 5.94. The number of nitrogens with zero attached hydrogens (tertiary/aromatic N) is 1. The molecule has 0 aliphatic heterocycles. The van der Waals surface area contributed by atoms with E-state index in [9.17, 15) is 5.26 Å². The SMILES string of the molecule is CCOc1cc(C)c(/C=C(/C#N)c2ccc3ccccc3c2)cc1C(C)C. The van der Waals surface area contributed by atoms with Crippen LogP contribution in [0.15, 0.2) is 54.6 Å². The topological polar surface area (TPSA) is 33.0 Å². The molecule has 0 saturated heterocycles. The lowest BCUT2D eigenvalue weighted by Crippen LogP contribution is -2.00. The average Bonchev–Trinajstić information content (AvgIpc) is 2.67. The van der Waals surface area contributed by atoms with Crippen LogP contribution in [-0.4, -0.2) is 6.61 Å². The van der Waals surface area contributed by atoms with Gasteiger partial charge in [-0.1, -0.05) is 50.2 Å². The number of nitriles is 1. The van der Waals surface area contributed by atoms with Crippen molar-refractivity contribution >= 4 is 22.4 Å². The van der Waals surface area contributed by atoms with Gasteiger partial charge in [0.15, 0.2) is 0 Å². The van der Waals surface area contributed by atoms with Gasteiger partial charge in [-0.2, -0.15) is 5.26 Å². The first-order chi connectivity index (χ1) is 13.0. The second kappa shape index (κ2) is 8.10. The van der Waals surface area contributed by atoms with Crippen molar-refractivity contribution in [3.05, 3.63) is 76.9 Å². The third-order valence-electron chi connectivity index (χ3n) is 4.80. The molecule has 0 aliphatic rings. The second-order valence-electron chi connectivity index (χ2n) is 7.07. The van der Waals surface area contributed by atoms with Crippen molar-refractivity contribution in [1.29, 1.82) is 5.26 Å². The Bertz CT molecular complexity index is 1040. The highest BCUT2D eigenvalue weighted by Crippen LogP contribution is 2.32. The van der Waals surface area contributed by atoms with Gasteiger partial charge in [-0.05, 0) is 77.1 Å². The second-order valence-corrected chi connectivity index (χ2v) is 7.07. The lowest BCUT2D eigenvalue weighted by molar-refractivity contribution is 0.335. The number of hydrogen-bond acceptors (Lipinski definition) is 2. The van der Waals surface area contributed by atoms with Gasteiger partial charge >= 0.3 is 0 Å². The van der Waals surface area contributed by atoms with Crippen LogP contribution in [-0.2, 0) is 0 Å². The summed E-state index contributed by atoms with van der Waals surface area (Å²) in [7, 11) is 0. The van der Waals surface area contributed by atoms with Gasteiger partial charge in [0.25, 0.3) is 0 Å². The van der Waals surface area contributed by atoms with Crippen LogP contribution in [0.5, 0.6) is 5.75 Å². The molecule has 0 saturated carbocycles. The summed E-state index contributed by atoms with van der Waals surface area (Å²) < 4.78 is 5.81. The summed E-state index contributed by atoms with van der Waals surface area (Å²) in [5.41, 5.74) is 4.95. The summed E-state index contributed by atoms with van der Waals surface area (Å²) in [6, 6.07) is 21.0. The van der Waals surface area contributed by atoms with Crippen LogP contribution in [0.1, 0.15) is 48.9 Å². The molecule has 2 heteroatoms. The van der Waals surface area contributed by atoms with E-state index in [1.54, 1.807) is 0 Å². The quantitative estimate of drug-likeness (QED) is 0.375. The molecule has 2 nitrogen and oxygen atoms in total. The van der Waals surface area contributed by atoms with Crippen molar-refractivity contribution in [1.82, 2.24) is 0 Å². The number of aryl methyl sites for hydroxylation is 1. The summed E-state index contributed by atoms with van der Waals surface area (Å²) in [5, 5.41) is 12.1. The minimum Gasteiger partial charge on any atom is -0.494 e. The summed E-state index contributed by atoms with van der Waals surface area (Å²) in [5.74, 6) is 1.29. The van der Waals surface area contributed by atoms with Crippen LogP contribution < -0.4 is 4.74 Å². The Hall–Kier alpha value is -3.05. The zero-order chi connectivity index (χ0) is 19.4. The first-order valence-electron chi connectivity index (χ1n) is 9.41. The molecule has 0 N–H and O–H groups in total. The van der Waals surface area contributed by atoms with Crippen molar-refractivity contribution in [3.8, 4) is 11.8 Å². The van der Waals surface area contributed by atoms with Gasteiger partial charge < -0.3 is 4.74 Å². The van der Waals surface area contributed by atoms with Crippen molar-refractivity contribution in [2.45, 2.75) is 33.6 Å². The number of hydrogen-bond donors (Lipinski definition) is 0. The van der Waals surface area contributed by atoms with Gasteiger partial charge in [-0.15, -0.1) is 0 Å². The minimum atomic E-state index is 0.352. The van der Waals surface area contributed by atoms with Crippen molar-refractivity contribution in [2.75, 3.05) is 6.61 Å². The number of allylic oxidation sites excluding steroid dienone is 1. The fraction of sp³-hybridized carbons (Fsp3) is 0.240. The van der Waals surface area contributed by atoms with Crippen LogP contribution in [0, 0.1) is 18.3 Å². The fourth-order valence-corrected chi connectivity index (χ4v) is 3.30. The minimum absolute atomic E-state index is 0.352. The number of ether oxygens (including phenoxy) is 1. The van der Waals surface area contributed by atoms with E-state index in [0.717, 1.165) is 27.8 Å². The molecule has 0 aromatic heterocycles. The van der Waals surface area contributed by atoms with Gasteiger partial charge in [-0.25, -0.2) is 0 Å². The predicted octanol–water partition coefficient (Wildman–Crippen LogP) is 6.73. The van der Waals surface area contributed by atoms with Gasteiger partial charge in [0.1, 0.15) is 5.75 Å². The maximum absolute atomic E-state index is 9.78. The molecule has 3 aromatic rings. The highest BCUT2D eigenvalue weighted by Gasteiger charge is 2.12. The van der Waals surface area contributed by atoms with Crippen LogP contribution >= 0.6 is 0 Å². The Morgan fingerprint density at radius 2 is 1.81 bits per heavy atom. The van der Waals surface area contributed by atoms with Gasteiger partial charge in [0, 0.05) is 0 Å². The molecule has 0 fully saturated rings. The largest absolute Gasteiger partial charge is 0.494 e. The number of benzene rings is 3. The van der Waals surface area contributed by atoms with Crippen LogP contribution in [0.2, 0.25) is 0 Å². The summed E-state index contributed by atoms with van der Waals surface area (Å²) in [4.78, 5) is 0. The Balaban J connectivity index is 2.09. The lowest BCUT2D eigenvalue weighted by Gasteiger charge is -2.16. The molecule has 0 spiro atoms. The van der Waals surface area contributed by atoms with Gasteiger partial charge in [0.2, 0.25) is 0 Å². The lowest BCUT2D eigenvalue weighted by atomic mass is 9.94. The summed E-state index contributed by atoms with van der Waals surface area (Å²) in [6.45, 7) is 9.04. The monoisotopic (exact) mass is 355 g/mol. The molecule has 0 bridgehead atoms. The summed E-state index contributed by atoms with van der Waals surface area (Å²) >= 11 is 0. The number of rotatable bonds is 5. The zero-order valence-electron chi connectivity index (χ0n) is 16.4. The normalized spacial score (nSPS) is 11.6. The third kappa shape index (κ3) is 4.04. The highest BCUT2D eigenvalue weighted by atomic mass is 16.5. The standard InChI is InChI=1S/C25H25NO/c1-5-27-25-12-18(4)22(15-24(25)17(2)3)14-23(16-26)21-11-10-19-8-6-7-9-20(19)13-21/h6-15,17H,5H2,1-4H3/b23-14-. The molecule has 0 unspecified atom stereocenters. The Labute approximate surface area is 161 Å². The fourth-order valence-electron chi connectivity index (χ4n) is 3.30. The smallest absolute Gasteiger partial charge is 0.123 e. The van der Waals surface area contributed by atoms with Crippen LogP contribution in [0.4, 0.5) is 0 Å². The number of fused-ring (bicyclic) bond motifs is 1. The molecule has 3 rings (SSSR count). The van der Waals surface area contributed by atoms with Crippen molar-refractivity contribution in [3.63, 3.8) is 0 Å².